The summed E-state index contributed by atoms with van der Waals surface area (Å²) < 4.78 is 21.6. The number of nitrogens with one attached hydrogen (secondary N) is 1. The standard InChI is InChI=1S/C24H26N2O7/c1-30-19-10-14-7-8-25-18(16(14)12-21(19)32-3)9-15-11-20(31-2)22(33-4)13-17(15)26-23(27)5-6-24(28)29/h7-8,10-13H,5-6,9H2,1-4H3,(H,26,27)(H,28,29). The number of rotatable bonds is 10. The van der Waals surface area contributed by atoms with Crippen LogP contribution in [0.25, 0.3) is 10.8 Å². The van der Waals surface area contributed by atoms with E-state index in [0.29, 0.717) is 35.1 Å². The molecule has 0 unspecified atom stereocenters. The summed E-state index contributed by atoms with van der Waals surface area (Å²) in [6, 6.07) is 9.05. The van der Waals surface area contributed by atoms with Crippen LogP contribution in [0, 0.1) is 0 Å². The molecule has 33 heavy (non-hydrogen) atoms. The van der Waals surface area contributed by atoms with Gasteiger partial charge < -0.3 is 29.4 Å². The van der Waals surface area contributed by atoms with E-state index >= 15 is 0 Å². The molecule has 0 spiro atoms. The first-order valence-electron chi connectivity index (χ1n) is 10.2. The number of carboxylic acids is 1. The van der Waals surface area contributed by atoms with Crippen molar-refractivity contribution in [3.05, 3.63) is 47.8 Å². The number of fused-ring (bicyclic) bond motifs is 1. The maximum absolute atomic E-state index is 12.3. The van der Waals surface area contributed by atoms with E-state index in [4.69, 9.17) is 24.1 Å². The predicted octanol–water partition coefficient (Wildman–Crippen LogP) is 3.66. The Bertz CT molecular complexity index is 1180. The van der Waals surface area contributed by atoms with E-state index in [-0.39, 0.29) is 12.8 Å². The van der Waals surface area contributed by atoms with Crippen LogP contribution in [0.5, 0.6) is 23.0 Å². The highest BCUT2D eigenvalue weighted by atomic mass is 16.5. The fourth-order valence-electron chi connectivity index (χ4n) is 3.50. The van der Waals surface area contributed by atoms with Gasteiger partial charge in [0.2, 0.25) is 5.91 Å². The summed E-state index contributed by atoms with van der Waals surface area (Å²) >= 11 is 0. The first-order valence-corrected chi connectivity index (χ1v) is 10.2. The van der Waals surface area contributed by atoms with Gasteiger partial charge in [0, 0.05) is 36.2 Å². The van der Waals surface area contributed by atoms with Crippen LogP contribution in [-0.4, -0.2) is 50.4 Å². The Morgan fingerprint density at radius 3 is 2.12 bits per heavy atom. The lowest BCUT2D eigenvalue weighted by molar-refractivity contribution is -0.138. The van der Waals surface area contributed by atoms with Gasteiger partial charge in [0.25, 0.3) is 0 Å². The fourth-order valence-corrected chi connectivity index (χ4v) is 3.50. The van der Waals surface area contributed by atoms with Crippen LogP contribution in [-0.2, 0) is 16.0 Å². The molecule has 0 saturated carbocycles. The number of pyridine rings is 1. The molecule has 0 bridgehead atoms. The lowest BCUT2D eigenvalue weighted by Crippen LogP contribution is -2.15. The van der Waals surface area contributed by atoms with Crippen molar-refractivity contribution in [2.75, 3.05) is 33.8 Å². The molecule has 9 nitrogen and oxygen atoms in total. The highest BCUT2D eigenvalue weighted by Gasteiger charge is 2.17. The number of hydrogen-bond acceptors (Lipinski definition) is 7. The molecule has 174 valence electrons. The first-order chi connectivity index (χ1) is 15.9. The quantitative estimate of drug-likeness (QED) is 0.477. The Balaban J connectivity index is 2.05. The van der Waals surface area contributed by atoms with Crippen LogP contribution >= 0.6 is 0 Å². The number of benzene rings is 2. The summed E-state index contributed by atoms with van der Waals surface area (Å²) in [5.74, 6) is 0.668. The smallest absolute Gasteiger partial charge is 0.303 e. The minimum atomic E-state index is -1.04. The minimum absolute atomic E-state index is 0.146. The molecular formula is C24H26N2O7. The van der Waals surface area contributed by atoms with Gasteiger partial charge in [0.15, 0.2) is 23.0 Å². The summed E-state index contributed by atoms with van der Waals surface area (Å²) in [5, 5.41) is 13.4. The van der Waals surface area contributed by atoms with Crippen molar-refractivity contribution in [2.24, 2.45) is 0 Å². The molecule has 1 heterocycles. The summed E-state index contributed by atoms with van der Waals surface area (Å²) in [5.41, 5.74) is 1.97. The number of aromatic nitrogens is 1. The van der Waals surface area contributed by atoms with Crippen molar-refractivity contribution in [2.45, 2.75) is 19.3 Å². The van der Waals surface area contributed by atoms with Gasteiger partial charge in [0.05, 0.1) is 40.6 Å². The van der Waals surface area contributed by atoms with Crippen LogP contribution in [0.1, 0.15) is 24.1 Å². The number of hydrogen-bond donors (Lipinski definition) is 2. The van der Waals surface area contributed by atoms with Gasteiger partial charge in [-0.05, 0) is 35.2 Å². The third-order valence-corrected chi connectivity index (χ3v) is 5.16. The van der Waals surface area contributed by atoms with Crippen LogP contribution in [0.4, 0.5) is 5.69 Å². The van der Waals surface area contributed by atoms with E-state index < -0.39 is 11.9 Å². The molecule has 1 amide bonds. The maximum atomic E-state index is 12.3. The zero-order valence-electron chi connectivity index (χ0n) is 18.9. The minimum Gasteiger partial charge on any atom is -0.493 e. The molecule has 0 radical (unpaired) electrons. The number of carboxylic acid groups (broad SMARTS) is 1. The van der Waals surface area contributed by atoms with E-state index in [9.17, 15) is 9.59 Å². The molecular weight excluding hydrogens is 428 g/mol. The van der Waals surface area contributed by atoms with Crippen molar-refractivity contribution >= 4 is 28.3 Å². The summed E-state index contributed by atoms with van der Waals surface area (Å²) in [6.45, 7) is 0. The predicted molar refractivity (Wildman–Crippen MR) is 123 cm³/mol. The zero-order chi connectivity index (χ0) is 24.0. The maximum Gasteiger partial charge on any atom is 0.303 e. The van der Waals surface area contributed by atoms with E-state index in [1.54, 1.807) is 32.5 Å². The van der Waals surface area contributed by atoms with Gasteiger partial charge in [-0.3, -0.25) is 14.6 Å². The first kappa shape index (κ1) is 23.6. The number of anilines is 1. The molecule has 9 heteroatoms. The fraction of sp³-hybridized carbons (Fsp3) is 0.292. The van der Waals surface area contributed by atoms with Crippen molar-refractivity contribution in [1.29, 1.82) is 0 Å². The summed E-state index contributed by atoms with van der Waals surface area (Å²) in [6.07, 6.45) is 1.66. The van der Waals surface area contributed by atoms with Crippen molar-refractivity contribution in [1.82, 2.24) is 4.98 Å². The molecule has 2 aromatic carbocycles. The zero-order valence-corrected chi connectivity index (χ0v) is 18.9. The molecule has 1 aromatic heterocycles. The van der Waals surface area contributed by atoms with Gasteiger partial charge in [-0.2, -0.15) is 0 Å². The SMILES string of the molecule is COc1cc(Cc2nccc3cc(OC)c(OC)cc23)c(NC(=O)CCC(=O)O)cc1OC. The van der Waals surface area contributed by atoms with Crippen molar-refractivity contribution in [3.8, 4) is 23.0 Å². The molecule has 0 fully saturated rings. The van der Waals surface area contributed by atoms with Crippen molar-refractivity contribution < 1.29 is 33.6 Å². The van der Waals surface area contributed by atoms with Gasteiger partial charge in [0.1, 0.15) is 0 Å². The number of amides is 1. The molecule has 3 rings (SSSR count). The number of methoxy groups -OCH3 is 4. The largest absolute Gasteiger partial charge is 0.493 e. The number of carbonyl (C=O) groups excluding carboxylic acids is 1. The van der Waals surface area contributed by atoms with Gasteiger partial charge in [-0.25, -0.2) is 0 Å². The second-order valence-corrected chi connectivity index (χ2v) is 7.17. The molecule has 0 saturated heterocycles. The molecule has 0 aliphatic carbocycles. The highest BCUT2D eigenvalue weighted by Crippen LogP contribution is 2.37. The topological polar surface area (TPSA) is 116 Å². The number of ether oxygens (including phenoxy) is 4. The second kappa shape index (κ2) is 10.5. The Labute approximate surface area is 191 Å². The van der Waals surface area contributed by atoms with Crippen molar-refractivity contribution in [3.63, 3.8) is 0 Å². The van der Waals surface area contributed by atoms with Crippen LogP contribution in [0.2, 0.25) is 0 Å². The Kier molecular flexibility index (Phi) is 7.55. The third-order valence-electron chi connectivity index (χ3n) is 5.16. The number of nitrogens with zero attached hydrogens (tertiary/aromatic N) is 1. The second-order valence-electron chi connectivity index (χ2n) is 7.17. The van der Waals surface area contributed by atoms with E-state index in [1.807, 2.05) is 18.2 Å². The lowest BCUT2D eigenvalue weighted by atomic mass is 10.0. The Morgan fingerprint density at radius 1 is 0.879 bits per heavy atom. The van der Waals surface area contributed by atoms with Crippen LogP contribution in [0.15, 0.2) is 36.5 Å². The van der Waals surface area contributed by atoms with Gasteiger partial charge in [-0.1, -0.05) is 0 Å². The van der Waals surface area contributed by atoms with E-state index in [1.165, 1.54) is 14.2 Å². The van der Waals surface area contributed by atoms with E-state index in [2.05, 4.69) is 10.3 Å². The Morgan fingerprint density at radius 2 is 1.48 bits per heavy atom. The lowest BCUT2D eigenvalue weighted by Gasteiger charge is -2.17. The summed E-state index contributed by atoms with van der Waals surface area (Å²) in [7, 11) is 6.17. The average molecular weight is 454 g/mol. The monoisotopic (exact) mass is 454 g/mol. The third kappa shape index (κ3) is 5.43. The van der Waals surface area contributed by atoms with Crippen LogP contribution < -0.4 is 24.3 Å². The molecule has 3 aromatic rings. The average Bonchev–Trinajstić information content (AvgIpc) is 2.82. The summed E-state index contributed by atoms with van der Waals surface area (Å²) in [4.78, 5) is 27.7. The molecule has 2 N–H and O–H groups in total. The molecule has 0 atom stereocenters. The Hall–Kier alpha value is -4.01. The van der Waals surface area contributed by atoms with E-state index in [0.717, 1.165) is 22.0 Å². The van der Waals surface area contributed by atoms with Crippen LogP contribution in [0.3, 0.4) is 0 Å². The van der Waals surface area contributed by atoms with Gasteiger partial charge in [-0.15, -0.1) is 0 Å². The number of aliphatic carboxylic acids is 1. The van der Waals surface area contributed by atoms with Gasteiger partial charge >= 0.3 is 5.97 Å². The normalized spacial score (nSPS) is 10.5. The molecule has 0 aliphatic rings. The number of carbonyl (C=O) groups is 2. The molecule has 0 aliphatic heterocycles. The highest BCUT2D eigenvalue weighted by molar-refractivity contribution is 5.94.